The molecule has 110 valence electrons. The second kappa shape index (κ2) is 4.56. The third kappa shape index (κ3) is 2.03. The second-order valence-electron chi connectivity index (χ2n) is 6.32. The maximum atomic E-state index is 12.8. The molecule has 5 nitrogen and oxygen atoms in total. The molecule has 3 heterocycles. The number of aliphatic hydroxyl groups excluding tert-OH is 1. The Morgan fingerprint density at radius 3 is 2.67 bits per heavy atom. The molecule has 1 aromatic rings. The van der Waals surface area contributed by atoms with E-state index in [1.54, 1.807) is 6.07 Å². The van der Waals surface area contributed by atoms with Crippen LogP contribution in [0.15, 0.2) is 18.2 Å². The van der Waals surface area contributed by atoms with Gasteiger partial charge in [0.15, 0.2) is 0 Å². The van der Waals surface area contributed by atoms with Crippen molar-refractivity contribution < 1.29 is 14.7 Å². The molecule has 3 aliphatic rings. The minimum Gasteiger partial charge on any atom is -0.393 e. The number of fused-ring (bicyclic) bond motifs is 3. The first kappa shape index (κ1) is 12.8. The van der Waals surface area contributed by atoms with E-state index in [9.17, 15) is 14.7 Å². The van der Waals surface area contributed by atoms with Gasteiger partial charge in [-0.15, -0.1) is 0 Å². The summed E-state index contributed by atoms with van der Waals surface area (Å²) in [6.45, 7) is 0. The van der Waals surface area contributed by atoms with Gasteiger partial charge in [0.25, 0.3) is 5.91 Å². The molecule has 0 aliphatic carbocycles. The third-order valence-electron chi connectivity index (χ3n) is 4.92. The van der Waals surface area contributed by atoms with Crippen LogP contribution in [0.25, 0.3) is 0 Å². The zero-order valence-corrected chi connectivity index (χ0v) is 11.7. The maximum absolute atomic E-state index is 12.8. The Bertz CT molecular complexity index is 614. The molecule has 2 saturated heterocycles. The fourth-order valence-corrected chi connectivity index (χ4v) is 3.98. The molecule has 0 spiro atoms. The Balaban J connectivity index is 1.61. The molecular formula is C16H18N2O3. The van der Waals surface area contributed by atoms with E-state index in [2.05, 4.69) is 5.32 Å². The largest absolute Gasteiger partial charge is 0.393 e. The molecule has 1 aromatic carbocycles. The molecule has 0 aromatic heterocycles. The first-order valence-electron chi connectivity index (χ1n) is 7.55. The van der Waals surface area contributed by atoms with E-state index in [0.717, 1.165) is 24.1 Å². The van der Waals surface area contributed by atoms with Gasteiger partial charge in [0, 0.05) is 23.3 Å². The summed E-state index contributed by atoms with van der Waals surface area (Å²) in [6.07, 6.45) is 3.45. The Kier molecular flexibility index (Phi) is 2.79. The lowest BCUT2D eigenvalue weighted by molar-refractivity contribution is -0.115. The summed E-state index contributed by atoms with van der Waals surface area (Å²) < 4.78 is 0. The number of nitrogens with one attached hydrogen (secondary N) is 1. The predicted molar refractivity (Wildman–Crippen MR) is 77.0 cm³/mol. The van der Waals surface area contributed by atoms with Crippen molar-refractivity contribution in [2.24, 2.45) is 0 Å². The topological polar surface area (TPSA) is 69.6 Å². The molecule has 4 rings (SSSR count). The van der Waals surface area contributed by atoms with E-state index >= 15 is 0 Å². The number of aliphatic hydroxyl groups is 1. The van der Waals surface area contributed by atoms with Crippen LogP contribution in [0.2, 0.25) is 0 Å². The number of carbonyl (C=O) groups excluding carboxylic acids is 2. The van der Waals surface area contributed by atoms with Gasteiger partial charge >= 0.3 is 0 Å². The molecular weight excluding hydrogens is 268 g/mol. The van der Waals surface area contributed by atoms with Gasteiger partial charge < -0.3 is 15.3 Å². The van der Waals surface area contributed by atoms with Crippen molar-refractivity contribution in [1.29, 1.82) is 0 Å². The molecule has 2 amide bonds. The highest BCUT2D eigenvalue weighted by atomic mass is 16.3. The van der Waals surface area contributed by atoms with Gasteiger partial charge in [0.1, 0.15) is 0 Å². The fourth-order valence-electron chi connectivity index (χ4n) is 3.98. The van der Waals surface area contributed by atoms with Crippen LogP contribution < -0.4 is 5.32 Å². The molecule has 0 radical (unpaired) electrons. The lowest BCUT2D eigenvalue weighted by Crippen LogP contribution is -2.48. The number of piperidine rings is 1. The van der Waals surface area contributed by atoms with Crippen molar-refractivity contribution in [1.82, 2.24) is 4.90 Å². The number of carbonyl (C=O) groups is 2. The second-order valence-corrected chi connectivity index (χ2v) is 6.32. The van der Waals surface area contributed by atoms with Crippen molar-refractivity contribution in [3.63, 3.8) is 0 Å². The predicted octanol–water partition coefficient (Wildman–Crippen LogP) is 1.31. The van der Waals surface area contributed by atoms with Crippen molar-refractivity contribution in [2.45, 2.75) is 50.3 Å². The van der Waals surface area contributed by atoms with E-state index in [4.69, 9.17) is 0 Å². The number of amides is 2. The molecule has 2 bridgehead atoms. The van der Waals surface area contributed by atoms with Gasteiger partial charge in [0.05, 0.1) is 12.5 Å². The highest BCUT2D eigenvalue weighted by Gasteiger charge is 2.43. The Labute approximate surface area is 122 Å². The number of nitrogens with zero attached hydrogens (tertiary/aromatic N) is 1. The van der Waals surface area contributed by atoms with Gasteiger partial charge in [-0.1, -0.05) is 6.07 Å². The van der Waals surface area contributed by atoms with Gasteiger partial charge in [0.2, 0.25) is 5.91 Å². The normalized spacial score (nSPS) is 30.2. The standard InChI is InChI=1S/C16H18N2O3/c19-13-7-11-3-4-12(8-13)18(11)16(21)10-2-1-9-6-15(20)17-14(9)5-10/h1-2,5,11-13,19H,3-4,6-8H2,(H,17,20). The zero-order valence-electron chi connectivity index (χ0n) is 11.7. The number of hydrogen-bond donors (Lipinski definition) is 2. The van der Waals surface area contributed by atoms with Crippen molar-refractivity contribution in [2.75, 3.05) is 5.32 Å². The van der Waals surface area contributed by atoms with E-state index < -0.39 is 0 Å². The third-order valence-corrected chi connectivity index (χ3v) is 4.92. The highest BCUT2D eigenvalue weighted by molar-refractivity contribution is 6.02. The van der Waals surface area contributed by atoms with E-state index in [1.807, 2.05) is 17.0 Å². The average molecular weight is 286 g/mol. The van der Waals surface area contributed by atoms with Crippen LogP contribution in [-0.4, -0.2) is 40.0 Å². The van der Waals surface area contributed by atoms with Crippen molar-refractivity contribution in [3.05, 3.63) is 29.3 Å². The van der Waals surface area contributed by atoms with Crippen LogP contribution in [0.3, 0.4) is 0 Å². The summed E-state index contributed by atoms with van der Waals surface area (Å²) in [7, 11) is 0. The van der Waals surface area contributed by atoms with Crippen LogP contribution in [-0.2, 0) is 11.2 Å². The highest BCUT2D eigenvalue weighted by Crippen LogP contribution is 2.37. The Morgan fingerprint density at radius 1 is 1.24 bits per heavy atom. The van der Waals surface area contributed by atoms with Gasteiger partial charge in [-0.3, -0.25) is 9.59 Å². The smallest absolute Gasteiger partial charge is 0.254 e. The van der Waals surface area contributed by atoms with Crippen LogP contribution in [0.5, 0.6) is 0 Å². The summed E-state index contributed by atoms with van der Waals surface area (Å²) in [4.78, 5) is 26.1. The summed E-state index contributed by atoms with van der Waals surface area (Å²) >= 11 is 0. The summed E-state index contributed by atoms with van der Waals surface area (Å²) in [6, 6.07) is 5.78. The molecule has 21 heavy (non-hydrogen) atoms. The van der Waals surface area contributed by atoms with E-state index in [1.165, 1.54) is 0 Å². The SMILES string of the molecule is O=C1Cc2ccc(C(=O)N3C4CCC3CC(O)C4)cc2N1. The van der Waals surface area contributed by atoms with Crippen LogP contribution >= 0.6 is 0 Å². The summed E-state index contributed by atoms with van der Waals surface area (Å²) in [5.41, 5.74) is 2.34. The lowest BCUT2D eigenvalue weighted by Gasteiger charge is -2.37. The average Bonchev–Trinajstić information content (AvgIpc) is 2.94. The van der Waals surface area contributed by atoms with Gasteiger partial charge in [-0.05, 0) is 43.4 Å². The van der Waals surface area contributed by atoms with Crippen molar-refractivity contribution >= 4 is 17.5 Å². The maximum Gasteiger partial charge on any atom is 0.254 e. The molecule has 5 heteroatoms. The van der Waals surface area contributed by atoms with Crippen LogP contribution in [0.4, 0.5) is 5.69 Å². The molecule has 0 saturated carbocycles. The number of benzene rings is 1. The molecule has 2 fully saturated rings. The van der Waals surface area contributed by atoms with Crippen LogP contribution in [0, 0.1) is 0 Å². The minimum absolute atomic E-state index is 0.0178. The zero-order chi connectivity index (χ0) is 14.6. The molecule has 2 atom stereocenters. The molecule has 2 N–H and O–H groups in total. The van der Waals surface area contributed by atoms with Gasteiger partial charge in [-0.2, -0.15) is 0 Å². The van der Waals surface area contributed by atoms with E-state index in [-0.39, 0.29) is 30.0 Å². The Hall–Kier alpha value is -1.88. The fraction of sp³-hybridized carbons (Fsp3) is 0.500. The van der Waals surface area contributed by atoms with E-state index in [0.29, 0.717) is 24.8 Å². The molecule has 2 unspecified atom stereocenters. The number of rotatable bonds is 1. The first-order chi connectivity index (χ1) is 10.1. The van der Waals surface area contributed by atoms with Gasteiger partial charge in [-0.25, -0.2) is 0 Å². The summed E-state index contributed by atoms with van der Waals surface area (Å²) in [5.74, 6) is 0.00844. The minimum atomic E-state index is -0.272. The Morgan fingerprint density at radius 2 is 1.95 bits per heavy atom. The first-order valence-corrected chi connectivity index (χ1v) is 7.55. The quantitative estimate of drug-likeness (QED) is 0.818. The lowest BCUT2D eigenvalue weighted by atomic mass is 9.98. The number of hydrogen-bond acceptors (Lipinski definition) is 3. The van der Waals surface area contributed by atoms with Crippen molar-refractivity contribution in [3.8, 4) is 0 Å². The summed E-state index contributed by atoms with van der Waals surface area (Å²) in [5, 5.41) is 12.6. The monoisotopic (exact) mass is 286 g/mol. The van der Waals surface area contributed by atoms with Crippen LogP contribution in [0.1, 0.15) is 41.6 Å². The molecule has 3 aliphatic heterocycles. The number of anilines is 1.